The molecule has 1 aliphatic heterocycles. The first kappa shape index (κ1) is 22.1. The van der Waals surface area contributed by atoms with Crippen LogP contribution in [0, 0.1) is 0 Å². The average Bonchev–Trinajstić information content (AvgIpc) is 3.68. The molecule has 4 heteroatoms. The maximum absolute atomic E-state index is 4.64. The van der Waals surface area contributed by atoms with Crippen LogP contribution in [0.4, 0.5) is 0 Å². The molecule has 9 aromatic rings. The molecule has 0 amide bonds. The van der Waals surface area contributed by atoms with E-state index in [0.717, 1.165) is 23.5 Å². The van der Waals surface area contributed by atoms with Crippen molar-refractivity contribution in [3.8, 4) is 16.9 Å². The molecule has 196 valence electrons. The highest BCUT2D eigenvalue weighted by atomic mass is 15.0. The Morgan fingerprint density at radius 2 is 1.26 bits per heavy atom. The molecule has 5 heterocycles. The third-order valence-corrected chi connectivity index (χ3v) is 9.10. The number of hydrogen-bond donors (Lipinski definition) is 0. The predicted octanol–water partition coefficient (Wildman–Crippen LogP) is 9.55. The van der Waals surface area contributed by atoms with Gasteiger partial charge in [-0.25, -0.2) is 0 Å². The van der Waals surface area contributed by atoms with E-state index in [1.807, 2.05) is 18.3 Å². The summed E-state index contributed by atoms with van der Waals surface area (Å²) in [6.45, 7) is 0.799. The van der Waals surface area contributed by atoms with Gasteiger partial charge in [-0.2, -0.15) is 0 Å². The number of para-hydroxylation sites is 2. The van der Waals surface area contributed by atoms with Crippen molar-refractivity contribution in [2.24, 2.45) is 0 Å². The van der Waals surface area contributed by atoms with Gasteiger partial charge in [0.25, 0.3) is 0 Å². The summed E-state index contributed by atoms with van der Waals surface area (Å²) in [6.07, 6.45) is 6.45. The Morgan fingerprint density at radius 3 is 2.07 bits per heavy atom. The fourth-order valence-electron chi connectivity index (χ4n) is 7.43. The van der Waals surface area contributed by atoms with Crippen molar-refractivity contribution in [2.75, 3.05) is 0 Å². The van der Waals surface area contributed by atoms with E-state index in [4.69, 9.17) is 0 Å². The number of fused-ring (bicyclic) bond motifs is 6. The van der Waals surface area contributed by atoms with E-state index in [0.29, 0.717) is 0 Å². The molecule has 5 aromatic carbocycles. The van der Waals surface area contributed by atoms with Gasteiger partial charge in [0.2, 0.25) is 0 Å². The second-order valence-corrected chi connectivity index (χ2v) is 11.2. The topological polar surface area (TPSA) is 27.7 Å². The molecular weight excluding hydrogens is 512 g/mol. The summed E-state index contributed by atoms with van der Waals surface area (Å²) in [6, 6.07) is 41.8. The van der Waals surface area contributed by atoms with Crippen molar-refractivity contribution in [1.82, 2.24) is 18.7 Å². The number of benzene rings is 5. The second-order valence-electron chi connectivity index (χ2n) is 11.2. The van der Waals surface area contributed by atoms with Gasteiger partial charge < -0.3 is 13.7 Å². The molecule has 0 saturated carbocycles. The lowest BCUT2D eigenvalue weighted by Gasteiger charge is -2.11. The molecule has 0 atom stereocenters. The summed E-state index contributed by atoms with van der Waals surface area (Å²) in [5.41, 5.74) is 10.7. The van der Waals surface area contributed by atoms with E-state index < -0.39 is 0 Å². The molecule has 4 aromatic heterocycles. The zero-order valence-electron chi connectivity index (χ0n) is 22.7. The summed E-state index contributed by atoms with van der Waals surface area (Å²) in [7, 11) is 0. The molecule has 0 N–H and O–H groups in total. The number of allylic oxidation sites excluding steroid dienone is 1. The zero-order valence-corrected chi connectivity index (χ0v) is 22.7. The lowest BCUT2D eigenvalue weighted by atomic mass is 10.0. The number of nitrogens with zero attached hydrogens (tertiary/aromatic N) is 4. The minimum Gasteiger partial charge on any atom is -0.336 e. The standard InChI is InChI=1S/C38H24N4/c1-3-14-31-26(11-1)28-16-18-33-35-36-34(42(33)25-10-7-9-24(23-25)30-13-5-6-20-39-30)19-17-29-27-12-2-4-15-32(27)41(38(29)36)22-8-21-40(31)37(28)35/h1-21,23H,22H2. The zero-order chi connectivity index (χ0) is 27.4. The van der Waals surface area contributed by atoms with Crippen molar-refractivity contribution >= 4 is 71.6 Å². The van der Waals surface area contributed by atoms with Crippen molar-refractivity contribution in [3.05, 3.63) is 128 Å². The Labute approximate surface area is 241 Å². The summed E-state index contributed by atoms with van der Waals surface area (Å²) in [4.78, 5) is 4.64. The lowest BCUT2D eigenvalue weighted by molar-refractivity contribution is 0.903. The van der Waals surface area contributed by atoms with Crippen LogP contribution in [0.2, 0.25) is 0 Å². The highest BCUT2D eigenvalue weighted by Crippen LogP contribution is 2.45. The van der Waals surface area contributed by atoms with Gasteiger partial charge in [-0.15, -0.1) is 0 Å². The van der Waals surface area contributed by atoms with Crippen molar-refractivity contribution in [3.63, 3.8) is 0 Å². The minimum atomic E-state index is 0.799. The van der Waals surface area contributed by atoms with Crippen LogP contribution < -0.4 is 0 Å². The van der Waals surface area contributed by atoms with Gasteiger partial charge in [0.15, 0.2) is 0 Å². The Bertz CT molecular complexity index is 2590. The van der Waals surface area contributed by atoms with E-state index in [1.54, 1.807) is 0 Å². The SMILES string of the molecule is C1=Cn2c3ccccc3c3ccc4c(c5c6c(ccc5n4-c4cccc(-c5ccccn5)c4)c4ccccc4n6C1)c32. The summed E-state index contributed by atoms with van der Waals surface area (Å²) < 4.78 is 7.37. The molecular formula is C38H24N4. The molecule has 10 rings (SSSR count). The van der Waals surface area contributed by atoms with E-state index in [2.05, 4.69) is 134 Å². The molecule has 1 aliphatic rings. The summed E-state index contributed by atoms with van der Waals surface area (Å²) in [5, 5.41) is 7.77. The van der Waals surface area contributed by atoms with Crippen LogP contribution >= 0.6 is 0 Å². The predicted molar refractivity (Wildman–Crippen MR) is 175 cm³/mol. The Morgan fingerprint density at radius 1 is 0.548 bits per heavy atom. The number of aromatic nitrogens is 4. The molecule has 0 aliphatic carbocycles. The van der Waals surface area contributed by atoms with E-state index in [-0.39, 0.29) is 0 Å². The molecule has 0 saturated heterocycles. The van der Waals surface area contributed by atoms with Crippen LogP contribution in [0.15, 0.2) is 128 Å². The molecule has 0 radical (unpaired) electrons. The van der Waals surface area contributed by atoms with Gasteiger partial charge in [-0.05, 0) is 54.6 Å². The van der Waals surface area contributed by atoms with Crippen LogP contribution in [0.3, 0.4) is 0 Å². The van der Waals surface area contributed by atoms with Gasteiger partial charge in [0.1, 0.15) is 0 Å². The largest absolute Gasteiger partial charge is 0.336 e. The summed E-state index contributed by atoms with van der Waals surface area (Å²) in [5.74, 6) is 0. The highest BCUT2D eigenvalue weighted by molar-refractivity contribution is 6.32. The quantitative estimate of drug-likeness (QED) is 0.216. The normalized spacial score (nSPS) is 13.0. The Kier molecular flexibility index (Phi) is 4.21. The first-order chi connectivity index (χ1) is 20.9. The molecule has 0 bridgehead atoms. The monoisotopic (exact) mass is 536 g/mol. The highest BCUT2D eigenvalue weighted by Gasteiger charge is 2.24. The van der Waals surface area contributed by atoms with Crippen LogP contribution in [-0.4, -0.2) is 18.7 Å². The molecule has 0 fully saturated rings. The van der Waals surface area contributed by atoms with Gasteiger partial charge in [-0.1, -0.05) is 66.7 Å². The van der Waals surface area contributed by atoms with E-state index >= 15 is 0 Å². The smallest absolute Gasteiger partial charge is 0.0702 e. The van der Waals surface area contributed by atoms with Crippen molar-refractivity contribution in [2.45, 2.75) is 6.54 Å². The van der Waals surface area contributed by atoms with Crippen LogP contribution in [0.25, 0.3) is 88.6 Å². The van der Waals surface area contributed by atoms with Crippen LogP contribution in [0.5, 0.6) is 0 Å². The van der Waals surface area contributed by atoms with E-state index in [1.165, 1.54) is 65.4 Å². The molecule has 4 nitrogen and oxygen atoms in total. The van der Waals surface area contributed by atoms with Gasteiger partial charge in [-0.3, -0.25) is 4.98 Å². The minimum absolute atomic E-state index is 0.799. The molecule has 0 spiro atoms. The first-order valence-electron chi connectivity index (χ1n) is 14.4. The van der Waals surface area contributed by atoms with E-state index in [9.17, 15) is 0 Å². The second kappa shape index (κ2) is 7.99. The Hall–Kier alpha value is -5.61. The summed E-state index contributed by atoms with van der Waals surface area (Å²) >= 11 is 0. The third kappa shape index (κ3) is 2.74. The number of rotatable bonds is 2. The fourth-order valence-corrected chi connectivity index (χ4v) is 7.43. The van der Waals surface area contributed by atoms with Crippen molar-refractivity contribution < 1.29 is 0 Å². The first-order valence-corrected chi connectivity index (χ1v) is 14.4. The van der Waals surface area contributed by atoms with Gasteiger partial charge in [0, 0.05) is 68.0 Å². The average molecular weight is 537 g/mol. The van der Waals surface area contributed by atoms with Gasteiger partial charge in [0.05, 0.1) is 33.3 Å². The number of pyridine rings is 1. The maximum Gasteiger partial charge on any atom is 0.0702 e. The maximum atomic E-state index is 4.64. The molecule has 42 heavy (non-hydrogen) atoms. The fraction of sp³-hybridized carbons (Fsp3) is 0.0263. The van der Waals surface area contributed by atoms with Crippen LogP contribution in [0.1, 0.15) is 0 Å². The number of hydrogen-bond acceptors (Lipinski definition) is 1. The van der Waals surface area contributed by atoms with Crippen molar-refractivity contribution in [1.29, 1.82) is 0 Å². The lowest BCUT2D eigenvalue weighted by Crippen LogP contribution is -1.97. The van der Waals surface area contributed by atoms with Gasteiger partial charge >= 0.3 is 0 Å². The molecule has 0 unspecified atom stereocenters. The Balaban J connectivity index is 1.46. The van der Waals surface area contributed by atoms with Crippen LogP contribution in [-0.2, 0) is 6.54 Å². The third-order valence-electron chi connectivity index (χ3n) is 9.10.